The number of rotatable bonds is 6. The van der Waals surface area contributed by atoms with Gasteiger partial charge in [-0.05, 0) is 24.3 Å². The summed E-state index contributed by atoms with van der Waals surface area (Å²) >= 11 is 1.68. The third-order valence-electron chi connectivity index (χ3n) is 4.72. The number of ether oxygens (including phenoxy) is 1. The number of hydrogen-bond donors (Lipinski definition) is 1. The van der Waals surface area contributed by atoms with Crippen LogP contribution >= 0.6 is 11.3 Å². The van der Waals surface area contributed by atoms with Crippen LogP contribution in [-0.2, 0) is 14.9 Å². The van der Waals surface area contributed by atoms with E-state index in [-0.39, 0.29) is 6.04 Å². The highest BCUT2D eigenvalue weighted by Crippen LogP contribution is 2.26. The van der Waals surface area contributed by atoms with Gasteiger partial charge in [-0.3, -0.25) is 4.90 Å². The minimum atomic E-state index is -3.40. The number of nitrogens with one attached hydrogen (secondary N) is 1. The van der Waals surface area contributed by atoms with Crippen LogP contribution in [0.3, 0.4) is 0 Å². The zero-order valence-corrected chi connectivity index (χ0v) is 15.7. The SMILES string of the molecule is O=S(=O)(NC[C@@H](c1cccs1)N1CCOCC1)N1CCCCCC1. The molecule has 1 atom stereocenters. The lowest BCUT2D eigenvalue weighted by Gasteiger charge is -2.34. The van der Waals surface area contributed by atoms with E-state index >= 15 is 0 Å². The van der Waals surface area contributed by atoms with E-state index in [1.54, 1.807) is 15.6 Å². The molecule has 0 radical (unpaired) electrons. The molecule has 2 saturated heterocycles. The predicted molar refractivity (Wildman–Crippen MR) is 96.4 cm³/mol. The van der Waals surface area contributed by atoms with E-state index in [9.17, 15) is 8.42 Å². The topological polar surface area (TPSA) is 61.9 Å². The molecule has 0 bridgehead atoms. The first kappa shape index (κ1) is 18.3. The van der Waals surface area contributed by atoms with Crippen molar-refractivity contribution in [3.8, 4) is 0 Å². The molecule has 2 aliphatic rings. The fourth-order valence-electron chi connectivity index (χ4n) is 3.34. The molecule has 0 aliphatic carbocycles. The highest BCUT2D eigenvalue weighted by molar-refractivity contribution is 7.87. The van der Waals surface area contributed by atoms with Gasteiger partial charge in [-0.1, -0.05) is 18.9 Å². The molecule has 1 aromatic rings. The van der Waals surface area contributed by atoms with E-state index in [1.807, 2.05) is 11.4 Å². The summed E-state index contributed by atoms with van der Waals surface area (Å²) in [7, 11) is -3.40. The van der Waals surface area contributed by atoms with E-state index < -0.39 is 10.2 Å². The van der Waals surface area contributed by atoms with Crippen LogP contribution in [-0.4, -0.2) is 63.6 Å². The van der Waals surface area contributed by atoms with E-state index in [2.05, 4.69) is 15.7 Å². The summed E-state index contributed by atoms with van der Waals surface area (Å²) in [5.41, 5.74) is 0. The lowest BCUT2D eigenvalue weighted by Crippen LogP contribution is -2.47. The average molecular weight is 374 g/mol. The molecule has 2 aliphatic heterocycles. The summed E-state index contributed by atoms with van der Waals surface area (Å²) in [4.78, 5) is 3.52. The van der Waals surface area contributed by atoms with Gasteiger partial charge in [0.05, 0.1) is 19.3 Å². The minimum Gasteiger partial charge on any atom is -0.379 e. The standard InChI is InChI=1S/C16H27N3O3S2/c20-24(21,19-7-3-1-2-4-8-19)17-14-15(16-6-5-13-23-16)18-9-11-22-12-10-18/h5-6,13,15,17H,1-4,7-12,14H2/t15-/m0/s1. The first-order valence-electron chi connectivity index (χ1n) is 8.77. The van der Waals surface area contributed by atoms with Gasteiger partial charge in [0.15, 0.2) is 0 Å². The average Bonchev–Trinajstić information content (AvgIpc) is 2.96. The second-order valence-electron chi connectivity index (χ2n) is 6.35. The van der Waals surface area contributed by atoms with Crippen molar-refractivity contribution in [1.29, 1.82) is 0 Å². The maximum Gasteiger partial charge on any atom is 0.279 e. The summed E-state index contributed by atoms with van der Waals surface area (Å²) in [6, 6.07) is 4.19. The molecule has 3 heterocycles. The van der Waals surface area contributed by atoms with Gasteiger partial charge in [0.2, 0.25) is 0 Å². The van der Waals surface area contributed by atoms with E-state index in [0.717, 1.165) is 38.8 Å². The Labute approximate surface area is 149 Å². The molecule has 2 fully saturated rings. The lowest BCUT2D eigenvalue weighted by atomic mass is 10.2. The maximum atomic E-state index is 12.7. The second kappa shape index (κ2) is 8.73. The van der Waals surface area contributed by atoms with Crippen LogP contribution in [0.15, 0.2) is 17.5 Å². The van der Waals surface area contributed by atoms with Crippen LogP contribution in [0, 0.1) is 0 Å². The van der Waals surface area contributed by atoms with E-state index in [1.165, 1.54) is 4.88 Å². The van der Waals surface area contributed by atoms with Crippen LogP contribution in [0.4, 0.5) is 0 Å². The predicted octanol–water partition coefficient (Wildman–Crippen LogP) is 1.83. The Kier molecular flexibility index (Phi) is 6.65. The Bertz CT molecular complexity index is 578. The molecule has 3 rings (SSSR count). The Hall–Kier alpha value is -0.510. The highest BCUT2D eigenvalue weighted by atomic mass is 32.2. The Morgan fingerprint density at radius 2 is 1.83 bits per heavy atom. The molecule has 0 saturated carbocycles. The Morgan fingerprint density at radius 1 is 1.12 bits per heavy atom. The van der Waals surface area contributed by atoms with Crippen LogP contribution in [0.2, 0.25) is 0 Å². The Morgan fingerprint density at radius 3 is 2.46 bits per heavy atom. The smallest absolute Gasteiger partial charge is 0.279 e. The van der Waals surface area contributed by atoms with Crippen molar-refractivity contribution >= 4 is 21.5 Å². The van der Waals surface area contributed by atoms with Crippen molar-refractivity contribution in [2.45, 2.75) is 31.7 Å². The summed E-state index contributed by atoms with van der Waals surface area (Å²) < 4.78 is 35.3. The van der Waals surface area contributed by atoms with Crippen molar-refractivity contribution in [2.24, 2.45) is 0 Å². The van der Waals surface area contributed by atoms with Gasteiger partial charge in [-0.25, -0.2) is 4.72 Å². The van der Waals surface area contributed by atoms with Crippen molar-refractivity contribution in [3.05, 3.63) is 22.4 Å². The summed E-state index contributed by atoms with van der Waals surface area (Å²) in [5.74, 6) is 0. The largest absolute Gasteiger partial charge is 0.379 e. The number of morpholine rings is 1. The molecule has 24 heavy (non-hydrogen) atoms. The monoisotopic (exact) mass is 373 g/mol. The van der Waals surface area contributed by atoms with E-state index in [4.69, 9.17) is 4.74 Å². The second-order valence-corrected chi connectivity index (χ2v) is 9.08. The first-order valence-corrected chi connectivity index (χ1v) is 11.1. The zero-order chi connectivity index (χ0) is 16.8. The summed E-state index contributed by atoms with van der Waals surface area (Å²) in [6.45, 7) is 4.79. The third-order valence-corrected chi connectivity index (χ3v) is 7.27. The molecule has 8 heteroatoms. The normalized spacial score (nSPS) is 23.0. The number of hydrogen-bond acceptors (Lipinski definition) is 5. The molecule has 1 aromatic heterocycles. The van der Waals surface area contributed by atoms with Crippen molar-refractivity contribution in [1.82, 2.24) is 13.9 Å². The molecule has 0 unspecified atom stereocenters. The molecular formula is C16H27N3O3S2. The molecule has 0 spiro atoms. The zero-order valence-electron chi connectivity index (χ0n) is 14.0. The quantitative estimate of drug-likeness (QED) is 0.826. The van der Waals surface area contributed by atoms with Crippen LogP contribution in [0.5, 0.6) is 0 Å². The van der Waals surface area contributed by atoms with Crippen LogP contribution in [0.25, 0.3) is 0 Å². The van der Waals surface area contributed by atoms with Gasteiger partial charge in [0.1, 0.15) is 0 Å². The lowest BCUT2D eigenvalue weighted by molar-refractivity contribution is 0.0178. The molecule has 6 nitrogen and oxygen atoms in total. The highest BCUT2D eigenvalue weighted by Gasteiger charge is 2.28. The van der Waals surface area contributed by atoms with Gasteiger partial charge in [0, 0.05) is 37.6 Å². The molecule has 0 aromatic carbocycles. The van der Waals surface area contributed by atoms with Crippen molar-refractivity contribution in [3.63, 3.8) is 0 Å². The fourth-order valence-corrected chi connectivity index (χ4v) is 5.49. The molecular weight excluding hydrogens is 346 g/mol. The van der Waals surface area contributed by atoms with Gasteiger partial charge in [-0.2, -0.15) is 12.7 Å². The maximum absolute atomic E-state index is 12.7. The van der Waals surface area contributed by atoms with Gasteiger partial charge < -0.3 is 4.74 Å². The summed E-state index contributed by atoms with van der Waals surface area (Å²) in [6.07, 6.45) is 4.16. The fraction of sp³-hybridized carbons (Fsp3) is 0.750. The van der Waals surface area contributed by atoms with Crippen LogP contribution < -0.4 is 4.72 Å². The van der Waals surface area contributed by atoms with Crippen LogP contribution in [0.1, 0.15) is 36.6 Å². The molecule has 136 valence electrons. The number of thiophene rings is 1. The summed E-state index contributed by atoms with van der Waals surface area (Å²) in [5, 5.41) is 2.05. The molecule has 1 N–H and O–H groups in total. The van der Waals surface area contributed by atoms with Gasteiger partial charge in [-0.15, -0.1) is 11.3 Å². The first-order chi connectivity index (χ1) is 11.7. The van der Waals surface area contributed by atoms with Crippen molar-refractivity contribution < 1.29 is 13.2 Å². The molecule has 0 amide bonds. The Balaban J connectivity index is 1.66. The van der Waals surface area contributed by atoms with Gasteiger partial charge >= 0.3 is 0 Å². The van der Waals surface area contributed by atoms with Gasteiger partial charge in [0.25, 0.3) is 10.2 Å². The number of nitrogens with zero attached hydrogens (tertiary/aromatic N) is 2. The minimum absolute atomic E-state index is 0.0793. The van der Waals surface area contributed by atoms with Crippen molar-refractivity contribution in [2.75, 3.05) is 45.9 Å². The third kappa shape index (κ3) is 4.77. The van der Waals surface area contributed by atoms with E-state index in [0.29, 0.717) is 32.8 Å².